The first-order chi connectivity index (χ1) is 11.7. The average Bonchev–Trinajstić information content (AvgIpc) is 2.50. The van der Waals surface area contributed by atoms with Crippen molar-refractivity contribution >= 4 is 38.9 Å². The summed E-state index contributed by atoms with van der Waals surface area (Å²) in [5, 5.41) is 2.72. The summed E-state index contributed by atoms with van der Waals surface area (Å²) in [6.45, 7) is 0. The molecular formula is C16H16ClFN2O4S. The lowest BCUT2D eigenvalue weighted by Gasteiger charge is -2.13. The minimum atomic E-state index is -3.52. The van der Waals surface area contributed by atoms with Gasteiger partial charge in [0.15, 0.2) is 0 Å². The van der Waals surface area contributed by atoms with Gasteiger partial charge in [-0.25, -0.2) is 12.8 Å². The molecule has 6 nitrogen and oxygen atoms in total. The molecule has 2 N–H and O–H groups in total. The maximum absolute atomic E-state index is 13.7. The van der Waals surface area contributed by atoms with Crippen LogP contribution in [0.2, 0.25) is 5.02 Å². The Balaban J connectivity index is 2.19. The van der Waals surface area contributed by atoms with Crippen LogP contribution in [0.3, 0.4) is 0 Å². The number of benzene rings is 2. The monoisotopic (exact) mass is 386 g/mol. The van der Waals surface area contributed by atoms with Crippen molar-refractivity contribution in [3.63, 3.8) is 0 Å². The Morgan fingerprint density at radius 1 is 1.28 bits per heavy atom. The maximum atomic E-state index is 13.7. The van der Waals surface area contributed by atoms with Crippen LogP contribution < -0.4 is 14.8 Å². The number of nitrogens with one attached hydrogen (secondary N) is 2. The van der Waals surface area contributed by atoms with Gasteiger partial charge in [-0.1, -0.05) is 17.7 Å². The Morgan fingerprint density at radius 3 is 2.60 bits per heavy atom. The van der Waals surface area contributed by atoms with Gasteiger partial charge in [0.05, 0.1) is 25.5 Å². The quantitative estimate of drug-likeness (QED) is 0.799. The van der Waals surface area contributed by atoms with Crippen LogP contribution in [0, 0.1) is 5.82 Å². The molecule has 0 heterocycles. The number of anilines is 2. The molecule has 134 valence electrons. The minimum Gasteiger partial charge on any atom is -0.495 e. The van der Waals surface area contributed by atoms with E-state index in [-0.39, 0.29) is 22.7 Å². The first-order valence-electron chi connectivity index (χ1n) is 7.08. The van der Waals surface area contributed by atoms with Crippen LogP contribution in [-0.4, -0.2) is 27.7 Å². The smallest absolute Gasteiger partial charge is 0.229 e. The molecule has 0 aliphatic heterocycles. The Morgan fingerprint density at radius 2 is 2.00 bits per heavy atom. The minimum absolute atomic E-state index is 0.0877. The molecular weight excluding hydrogens is 371 g/mol. The molecule has 0 saturated carbocycles. The van der Waals surface area contributed by atoms with Gasteiger partial charge in [0.2, 0.25) is 15.9 Å². The molecule has 0 radical (unpaired) electrons. The number of rotatable bonds is 6. The van der Waals surface area contributed by atoms with Crippen LogP contribution in [0.25, 0.3) is 0 Å². The van der Waals surface area contributed by atoms with Gasteiger partial charge in [0, 0.05) is 16.3 Å². The third kappa shape index (κ3) is 5.33. The summed E-state index contributed by atoms with van der Waals surface area (Å²) >= 11 is 5.90. The number of carbonyl (C=O) groups excluding carboxylic acids is 1. The molecule has 9 heteroatoms. The number of methoxy groups -OCH3 is 1. The molecule has 2 aromatic rings. The van der Waals surface area contributed by atoms with E-state index < -0.39 is 21.7 Å². The molecule has 1 amide bonds. The molecule has 0 aliphatic carbocycles. The van der Waals surface area contributed by atoms with Crippen molar-refractivity contribution in [3.05, 3.63) is 52.8 Å². The zero-order valence-electron chi connectivity index (χ0n) is 13.5. The molecule has 2 rings (SSSR count). The molecule has 0 aliphatic rings. The van der Waals surface area contributed by atoms with Crippen molar-refractivity contribution in [3.8, 4) is 5.75 Å². The third-order valence-electron chi connectivity index (χ3n) is 3.18. The van der Waals surface area contributed by atoms with Gasteiger partial charge >= 0.3 is 0 Å². The molecule has 0 bridgehead atoms. The predicted molar refractivity (Wildman–Crippen MR) is 95.2 cm³/mol. The topological polar surface area (TPSA) is 84.5 Å². The average molecular weight is 387 g/mol. The Hall–Kier alpha value is -2.32. The third-order valence-corrected chi connectivity index (χ3v) is 4.12. The summed E-state index contributed by atoms with van der Waals surface area (Å²) < 4.78 is 43.9. The molecule has 0 atom stereocenters. The Kier molecular flexibility index (Phi) is 5.86. The zero-order chi connectivity index (χ0) is 18.6. The van der Waals surface area contributed by atoms with Crippen LogP contribution >= 0.6 is 11.6 Å². The van der Waals surface area contributed by atoms with Crippen molar-refractivity contribution in [1.82, 2.24) is 0 Å². The second-order valence-corrected chi connectivity index (χ2v) is 7.37. The number of hydrogen-bond acceptors (Lipinski definition) is 4. The summed E-state index contributed by atoms with van der Waals surface area (Å²) in [6, 6.07) is 8.60. The Bertz CT molecular complexity index is 883. The van der Waals surface area contributed by atoms with Crippen LogP contribution in [0.5, 0.6) is 5.75 Å². The highest BCUT2D eigenvalue weighted by Crippen LogP contribution is 2.29. The second-order valence-electron chi connectivity index (χ2n) is 5.21. The van der Waals surface area contributed by atoms with E-state index in [9.17, 15) is 17.6 Å². The van der Waals surface area contributed by atoms with Gasteiger partial charge in [0.1, 0.15) is 11.6 Å². The maximum Gasteiger partial charge on any atom is 0.229 e. The number of halogens is 2. The fourth-order valence-electron chi connectivity index (χ4n) is 2.13. The molecule has 0 spiro atoms. The highest BCUT2D eigenvalue weighted by atomic mass is 35.5. The van der Waals surface area contributed by atoms with E-state index in [2.05, 4.69) is 10.0 Å². The number of ether oxygens (including phenoxy) is 1. The molecule has 0 unspecified atom stereocenters. The van der Waals surface area contributed by atoms with Gasteiger partial charge in [0.25, 0.3) is 0 Å². The lowest BCUT2D eigenvalue weighted by atomic mass is 10.1. The number of amides is 1. The van der Waals surface area contributed by atoms with Crippen molar-refractivity contribution in [2.75, 3.05) is 23.4 Å². The number of hydrogen-bond donors (Lipinski definition) is 2. The zero-order valence-corrected chi connectivity index (χ0v) is 15.0. The van der Waals surface area contributed by atoms with E-state index in [0.717, 1.165) is 6.26 Å². The van der Waals surface area contributed by atoms with E-state index >= 15 is 0 Å². The van der Waals surface area contributed by atoms with E-state index in [1.807, 2.05) is 0 Å². The summed E-state index contributed by atoms with van der Waals surface area (Å²) in [5.41, 5.74) is 0.584. The standard InChI is InChI=1S/C16H16ClFN2O4S/c1-24-15-7-6-10(8-14(15)20-25(2,22)23)19-16(21)9-11-12(17)4-3-5-13(11)18/h3-8,20H,9H2,1-2H3,(H,19,21). The number of carbonyl (C=O) groups is 1. The summed E-state index contributed by atoms with van der Waals surface area (Å²) in [5.74, 6) is -0.778. The molecule has 0 saturated heterocycles. The summed E-state index contributed by atoms with van der Waals surface area (Å²) in [6.07, 6.45) is 0.740. The van der Waals surface area contributed by atoms with Gasteiger partial charge in [-0.3, -0.25) is 9.52 Å². The SMILES string of the molecule is COc1ccc(NC(=O)Cc2c(F)cccc2Cl)cc1NS(C)(=O)=O. The predicted octanol–water partition coefficient (Wildman–Crippen LogP) is 3.04. The second kappa shape index (κ2) is 7.71. The summed E-state index contributed by atoms with van der Waals surface area (Å²) in [4.78, 5) is 12.1. The number of sulfonamides is 1. The first-order valence-corrected chi connectivity index (χ1v) is 9.35. The van der Waals surface area contributed by atoms with Crippen molar-refractivity contribution < 1.29 is 22.3 Å². The first kappa shape index (κ1) is 19.0. The van der Waals surface area contributed by atoms with Gasteiger partial charge in [-0.15, -0.1) is 0 Å². The Labute approximate surface area is 150 Å². The molecule has 0 fully saturated rings. The van der Waals surface area contributed by atoms with E-state index in [0.29, 0.717) is 11.4 Å². The van der Waals surface area contributed by atoms with E-state index in [4.69, 9.17) is 16.3 Å². The van der Waals surface area contributed by atoms with E-state index in [1.165, 1.54) is 43.5 Å². The van der Waals surface area contributed by atoms with Gasteiger partial charge in [-0.2, -0.15) is 0 Å². The van der Waals surface area contributed by atoms with Crippen LogP contribution in [-0.2, 0) is 21.2 Å². The van der Waals surface area contributed by atoms with Crippen LogP contribution in [0.4, 0.5) is 15.8 Å². The largest absolute Gasteiger partial charge is 0.495 e. The van der Waals surface area contributed by atoms with Crippen molar-refractivity contribution in [2.45, 2.75) is 6.42 Å². The van der Waals surface area contributed by atoms with Gasteiger partial charge < -0.3 is 10.1 Å². The van der Waals surface area contributed by atoms with Gasteiger partial charge in [-0.05, 0) is 30.3 Å². The molecule has 0 aromatic heterocycles. The van der Waals surface area contributed by atoms with Crippen molar-refractivity contribution in [2.24, 2.45) is 0 Å². The van der Waals surface area contributed by atoms with Crippen LogP contribution in [0.1, 0.15) is 5.56 Å². The fraction of sp³-hybridized carbons (Fsp3) is 0.188. The highest BCUT2D eigenvalue weighted by molar-refractivity contribution is 7.92. The summed E-state index contributed by atoms with van der Waals surface area (Å²) in [7, 11) is -2.13. The lowest BCUT2D eigenvalue weighted by Crippen LogP contribution is -2.16. The van der Waals surface area contributed by atoms with E-state index in [1.54, 1.807) is 0 Å². The fourth-order valence-corrected chi connectivity index (χ4v) is 2.92. The highest BCUT2D eigenvalue weighted by Gasteiger charge is 2.14. The normalized spacial score (nSPS) is 11.0. The van der Waals surface area contributed by atoms with Crippen LogP contribution in [0.15, 0.2) is 36.4 Å². The molecule has 2 aromatic carbocycles. The molecule has 25 heavy (non-hydrogen) atoms. The lowest BCUT2D eigenvalue weighted by molar-refractivity contribution is -0.115. The van der Waals surface area contributed by atoms with Crippen molar-refractivity contribution in [1.29, 1.82) is 0 Å².